The van der Waals surface area contributed by atoms with Crippen LogP contribution in [0.2, 0.25) is 0 Å². The molecule has 0 N–H and O–H groups in total. The minimum Gasteiger partial charge on any atom is -0.493 e. The molecule has 0 spiro atoms. The molecule has 1 saturated heterocycles. The summed E-state index contributed by atoms with van der Waals surface area (Å²) >= 11 is 0. The zero-order valence-corrected chi connectivity index (χ0v) is 12.0. The molecule has 1 fully saturated rings. The Morgan fingerprint density at radius 3 is 2.95 bits per heavy atom. The molecular formula is C16H21NO3. The molecule has 4 nitrogen and oxygen atoms in total. The smallest absolute Gasteiger partial charge is 0.323 e. The van der Waals surface area contributed by atoms with Crippen molar-refractivity contribution in [2.75, 3.05) is 19.8 Å². The SMILES string of the molecule is CCOC(=O)[C@@H]1C[C@H]2COc3ccccc3[C@H]2N1CC. The van der Waals surface area contributed by atoms with Gasteiger partial charge in [-0.25, -0.2) is 0 Å². The predicted octanol–water partition coefficient (Wildman–Crippen LogP) is 2.39. The minimum absolute atomic E-state index is 0.0961. The molecule has 3 atom stereocenters. The molecule has 0 bridgehead atoms. The largest absolute Gasteiger partial charge is 0.493 e. The molecule has 1 aromatic rings. The summed E-state index contributed by atoms with van der Waals surface area (Å²) < 4.78 is 11.1. The summed E-state index contributed by atoms with van der Waals surface area (Å²) in [5.41, 5.74) is 1.21. The molecule has 0 radical (unpaired) electrons. The van der Waals surface area contributed by atoms with Gasteiger partial charge < -0.3 is 9.47 Å². The molecule has 108 valence electrons. The summed E-state index contributed by atoms with van der Waals surface area (Å²) in [6.07, 6.45) is 0.825. The average molecular weight is 275 g/mol. The highest BCUT2D eigenvalue weighted by molar-refractivity contribution is 5.76. The molecule has 3 rings (SSSR count). The molecule has 1 aromatic carbocycles. The Bertz CT molecular complexity index is 502. The number of likely N-dealkylation sites (tertiary alicyclic amines) is 1. The van der Waals surface area contributed by atoms with Crippen molar-refractivity contribution in [2.45, 2.75) is 32.4 Å². The maximum absolute atomic E-state index is 12.2. The van der Waals surface area contributed by atoms with E-state index in [0.717, 1.165) is 18.7 Å². The van der Waals surface area contributed by atoms with E-state index < -0.39 is 0 Å². The maximum atomic E-state index is 12.2. The summed E-state index contributed by atoms with van der Waals surface area (Å²) in [6.45, 7) is 5.93. The van der Waals surface area contributed by atoms with E-state index in [0.29, 0.717) is 19.1 Å². The summed E-state index contributed by atoms with van der Waals surface area (Å²) in [6, 6.07) is 8.30. The number of hydrogen-bond acceptors (Lipinski definition) is 4. The standard InChI is InChI=1S/C16H21NO3/c1-3-17-13(16(18)19-4-2)9-11-10-20-14-8-6-5-7-12(14)15(11)17/h5-8,11,13,15H,3-4,9-10H2,1-2H3/t11-,13-,15-/m0/s1. The summed E-state index contributed by atoms with van der Waals surface area (Å²) in [4.78, 5) is 14.4. The number of para-hydroxylation sites is 1. The van der Waals surface area contributed by atoms with Gasteiger partial charge in [0, 0.05) is 17.5 Å². The van der Waals surface area contributed by atoms with Crippen LogP contribution in [0.4, 0.5) is 0 Å². The zero-order chi connectivity index (χ0) is 14.1. The Hall–Kier alpha value is -1.55. The second-order valence-corrected chi connectivity index (χ2v) is 5.39. The predicted molar refractivity (Wildman–Crippen MR) is 75.6 cm³/mol. The van der Waals surface area contributed by atoms with E-state index in [2.05, 4.69) is 17.9 Å². The summed E-state index contributed by atoms with van der Waals surface area (Å²) in [7, 11) is 0. The third kappa shape index (κ3) is 2.08. The molecule has 2 aliphatic rings. The van der Waals surface area contributed by atoms with Gasteiger partial charge in [-0.05, 0) is 26.0 Å². The Morgan fingerprint density at radius 2 is 2.20 bits per heavy atom. The molecule has 0 aromatic heterocycles. The van der Waals surface area contributed by atoms with Crippen LogP contribution in [0.5, 0.6) is 5.75 Å². The third-order valence-electron chi connectivity index (χ3n) is 4.34. The first kappa shape index (κ1) is 13.4. The van der Waals surface area contributed by atoms with Gasteiger partial charge in [-0.1, -0.05) is 25.1 Å². The second kappa shape index (κ2) is 5.44. The summed E-state index contributed by atoms with van der Waals surface area (Å²) in [5, 5.41) is 0. The normalized spacial score (nSPS) is 28.4. The molecule has 20 heavy (non-hydrogen) atoms. The van der Waals surface area contributed by atoms with E-state index in [1.165, 1.54) is 5.56 Å². The van der Waals surface area contributed by atoms with Crippen LogP contribution >= 0.6 is 0 Å². The first-order valence-electron chi connectivity index (χ1n) is 7.40. The molecule has 2 aliphatic heterocycles. The van der Waals surface area contributed by atoms with Crippen LogP contribution in [-0.4, -0.2) is 36.7 Å². The van der Waals surface area contributed by atoms with Crippen LogP contribution in [0.3, 0.4) is 0 Å². The van der Waals surface area contributed by atoms with Crippen molar-refractivity contribution in [1.82, 2.24) is 4.90 Å². The van der Waals surface area contributed by atoms with E-state index in [4.69, 9.17) is 9.47 Å². The van der Waals surface area contributed by atoms with Gasteiger partial charge in [-0.2, -0.15) is 0 Å². The summed E-state index contributed by atoms with van der Waals surface area (Å²) in [5.74, 6) is 1.23. The maximum Gasteiger partial charge on any atom is 0.323 e. The fourth-order valence-corrected chi connectivity index (χ4v) is 3.55. The van der Waals surface area contributed by atoms with Gasteiger partial charge in [0.2, 0.25) is 0 Å². The molecule has 0 aliphatic carbocycles. The lowest BCUT2D eigenvalue weighted by molar-refractivity contribution is -0.148. The van der Waals surface area contributed by atoms with Crippen LogP contribution in [0.15, 0.2) is 24.3 Å². The average Bonchev–Trinajstić information content (AvgIpc) is 2.86. The molecule has 4 heteroatoms. The van der Waals surface area contributed by atoms with Crippen LogP contribution in [-0.2, 0) is 9.53 Å². The zero-order valence-electron chi connectivity index (χ0n) is 12.0. The van der Waals surface area contributed by atoms with Crippen molar-refractivity contribution in [2.24, 2.45) is 5.92 Å². The van der Waals surface area contributed by atoms with Crippen molar-refractivity contribution in [3.8, 4) is 5.75 Å². The first-order valence-corrected chi connectivity index (χ1v) is 7.40. The number of carbonyl (C=O) groups is 1. The number of hydrogen-bond donors (Lipinski definition) is 0. The van der Waals surface area contributed by atoms with Crippen LogP contribution < -0.4 is 4.74 Å². The Morgan fingerprint density at radius 1 is 1.40 bits per heavy atom. The van der Waals surface area contributed by atoms with Crippen molar-refractivity contribution >= 4 is 5.97 Å². The number of esters is 1. The van der Waals surface area contributed by atoms with Gasteiger partial charge in [0.05, 0.1) is 13.2 Å². The van der Waals surface area contributed by atoms with Crippen molar-refractivity contribution in [3.05, 3.63) is 29.8 Å². The number of carbonyl (C=O) groups excluding carboxylic acids is 1. The topological polar surface area (TPSA) is 38.8 Å². The second-order valence-electron chi connectivity index (χ2n) is 5.39. The van der Waals surface area contributed by atoms with E-state index in [9.17, 15) is 4.79 Å². The lowest BCUT2D eigenvalue weighted by Gasteiger charge is -2.34. The molecule has 0 saturated carbocycles. The quantitative estimate of drug-likeness (QED) is 0.794. The fourth-order valence-electron chi connectivity index (χ4n) is 3.55. The van der Waals surface area contributed by atoms with Gasteiger partial charge in [0.1, 0.15) is 11.8 Å². The highest BCUT2D eigenvalue weighted by Crippen LogP contribution is 2.47. The number of ether oxygens (including phenoxy) is 2. The monoisotopic (exact) mass is 275 g/mol. The molecule has 0 unspecified atom stereocenters. The Balaban J connectivity index is 1.92. The lowest BCUT2D eigenvalue weighted by atomic mass is 9.91. The van der Waals surface area contributed by atoms with Gasteiger partial charge >= 0.3 is 5.97 Å². The molecular weight excluding hydrogens is 254 g/mol. The van der Waals surface area contributed by atoms with E-state index in [-0.39, 0.29) is 18.1 Å². The number of rotatable bonds is 3. The number of fused-ring (bicyclic) bond motifs is 3. The number of benzene rings is 1. The number of likely N-dealkylation sites (N-methyl/N-ethyl adjacent to an activating group) is 1. The van der Waals surface area contributed by atoms with Gasteiger partial charge in [0.15, 0.2) is 0 Å². The number of nitrogens with zero attached hydrogens (tertiary/aromatic N) is 1. The Labute approximate surface area is 119 Å². The van der Waals surface area contributed by atoms with E-state index >= 15 is 0 Å². The van der Waals surface area contributed by atoms with Gasteiger partial charge in [-0.15, -0.1) is 0 Å². The van der Waals surface area contributed by atoms with E-state index in [1.807, 2.05) is 25.1 Å². The van der Waals surface area contributed by atoms with Crippen molar-refractivity contribution in [1.29, 1.82) is 0 Å². The van der Waals surface area contributed by atoms with Gasteiger partial charge in [-0.3, -0.25) is 9.69 Å². The third-order valence-corrected chi connectivity index (χ3v) is 4.34. The minimum atomic E-state index is -0.135. The lowest BCUT2D eigenvalue weighted by Crippen LogP contribution is -2.39. The molecule has 2 heterocycles. The Kier molecular flexibility index (Phi) is 3.66. The molecule has 0 amide bonds. The van der Waals surface area contributed by atoms with Crippen LogP contribution in [0.1, 0.15) is 31.9 Å². The highest BCUT2D eigenvalue weighted by Gasteiger charge is 2.47. The van der Waals surface area contributed by atoms with Gasteiger partial charge in [0.25, 0.3) is 0 Å². The highest BCUT2D eigenvalue weighted by atomic mass is 16.5. The van der Waals surface area contributed by atoms with E-state index in [1.54, 1.807) is 0 Å². The first-order chi connectivity index (χ1) is 9.76. The van der Waals surface area contributed by atoms with Crippen LogP contribution in [0.25, 0.3) is 0 Å². The van der Waals surface area contributed by atoms with Crippen LogP contribution in [0, 0.1) is 5.92 Å². The van der Waals surface area contributed by atoms with Crippen molar-refractivity contribution in [3.63, 3.8) is 0 Å². The fraction of sp³-hybridized carbons (Fsp3) is 0.562. The van der Waals surface area contributed by atoms with Crippen molar-refractivity contribution < 1.29 is 14.3 Å².